The number of pyridine rings is 1. The number of carbonyl (C=O) groups excluding carboxylic acids is 2. The van der Waals surface area contributed by atoms with E-state index in [0.29, 0.717) is 57.2 Å². The molecule has 1 N–H and O–H groups in total. The van der Waals surface area contributed by atoms with Gasteiger partial charge >= 0.3 is 6.09 Å². The summed E-state index contributed by atoms with van der Waals surface area (Å²) in [5.74, 6) is 0.581. The fourth-order valence-corrected chi connectivity index (χ4v) is 6.53. The molecule has 46 heavy (non-hydrogen) atoms. The van der Waals surface area contributed by atoms with Crippen molar-refractivity contribution in [2.24, 2.45) is 0 Å². The molecule has 0 spiro atoms. The lowest BCUT2D eigenvalue weighted by molar-refractivity contribution is -0.120. The number of amides is 2. The zero-order chi connectivity index (χ0) is 31.8. The molecule has 11 nitrogen and oxygen atoms in total. The van der Waals surface area contributed by atoms with Crippen molar-refractivity contribution in [1.82, 2.24) is 25.0 Å². The molecular formula is C35H42N6O5. The number of likely N-dealkylation sites (tertiary alicyclic amines) is 1. The van der Waals surface area contributed by atoms with Crippen LogP contribution in [0.4, 0.5) is 10.5 Å². The number of fused-ring (bicyclic) bond motifs is 2. The minimum absolute atomic E-state index is 0.0211. The third kappa shape index (κ3) is 6.33. The molecule has 2 aromatic heterocycles. The van der Waals surface area contributed by atoms with Crippen molar-refractivity contribution < 1.29 is 23.8 Å². The van der Waals surface area contributed by atoms with Crippen molar-refractivity contribution in [3.05, 3.63) is 48.5 Å². The average molecular weight is 627 g/mol. The van der Waals surface area contributed by atoms with Gasteiger partial charge in [-0.05, 0) is 75.8 Å². The molecule has 0 radical (unpaired) electrons. The molecule has 4 aromatic rings. The fraction of sp³-hybridized carbons (Fsp3) is 0.486. The Morgan fingerprint density at radius 2 is 1.83 bits per heavy atom. The summed E-state index contributed by atoms with van der Waals surface area (Å²) >= 11 is 0. The number of anilines is 1. The Kier molecular flexibility index (Phi) is 8.18. The van der Waals surface area contributed by atoms with Gasteiger partial charge in [0.05, 0.1) is 17.8 Å². The van der Waals surface area contributed by atoms with E-state index in [0.717, 1.165) is 58.9 Å². The van der Waals surface area contributed by atoms with Crippen LogP contribution in [0.5, 0.6) is 5.88 Å². The van der Waals surface area contributed by atoms with Gasteiger partial charge in [0.25, 0.3) is 0 Å². The molecule has 2 amide bonds. The molecule has 0 aliphatic carbocycles. The lowest BCUT2D eigenvalue weighted by atomic mass is 10.1. The molecule has 7 rings (SSSR count). The van der Waals surface area contributed by atoms with Crippen LogP contribution >= 0.6 is 0 Å². The van der Waals surface area contributed by atoms with Crippen LogP contribution in [-0.2, 0) is 14.3 Å². The second kappa shape index (κ2) is 12.4. The Balaban J connectivity index is 1.24. The zero-order valence-electron chi connectivity index (χ0n) is 26.8. The van der Waals surface area contributed by atoms with Gasteiger partial charge in [0.1, 0.15) is 17.4 Å². The SMILES string of the molecule is CC(C)(C)OC(=O)N1CCC(Oc2nc(-c3nn(C4CCCCO4)c4ccc(N5CCNC(=O)C5)cc34)cc3ccccc23)CC1. The van der Waals surface area contributed by atoms with E-state index in [1.54, 1.807) is 4.90 Å². The third-order valence-corrected chi connectivity index (χ3v) is 8.84. The zero-order valence-corrected chi connectivity index (χ0v) is 26.8. The summed E-state index contributed by atoms with van der Waals surface area (Å²) in [6.45, 7) is 9.15. The number of carbonyl (C=O) groups is 2. The average Bonchev–Trinajstić information content (AvgIpc) is 3.44. The van der Waals surface area contributed by atoms with Crippen LogP contribution in [-0.4, -0.2) is 82.7 Å². The van der Waals surface area contributed by atoms with Gasteiger partial charge in [-0.1, -0.05) is 18.2 Å². The number of nitrogens with one attached hydrogen (secondary N) is 1. The Morgan fingerprint density at radius 1 is 1.00 bits per heavy atom. The number of ether oxygens (including phenoxy) is 3. The van der Waals surface area contributed by atoms with E-state index in [4.69, 9.17) is 24.3 Å². The summed E-state index contributed by atoms with van der Waals surface area (Å²) in [7, 11) is 0. The van der Waals surface area contributed by atoms with E-state index in [-0.39, 0.29) is 24.3 Å². The Labute approximate surface area is 268 Å². The molecule has 3 fully saturated rings. The van der Waals surface area contributed by atoms with Gasteiger partial charge in [-0.15, -0.1) is 0 Å². The molecular weight excluding hydrogens is 584 g/mol. The van der Waals surface area contributed by atoms with Gasteiger partial charge in [0.15, 0.2) is 6.23 Å². The molecule has 0 bridgehead atoms. The van der Waals surface area contributed by atoms with Crippen molar-refractivity contribution >= 4 is 39.4 Å². The van der Waals surface area contributed by atoms with Crippen LogP contribution in [0, 0.1) is 0 Å². The lowest BCUT2D eigenvalue weighted by Crippen LogP contribution is -2.47. The summed E-state index contributed by atoms with van der Waals surface area (Å²) in [5, 5.41) is 11.0. The van der Waals surface area contributed by atoms with Gasteiger partial charge in [0, 0.05) is 62.1 Å². The highest BCUT2D eigenvalue weighted by atomic mass is 16.6. The highest BCUT2D eigenvalue weighted by molar-refractivity contribution is 5.98. The summed E-state index contributed by atoms with van der Waals surface area (Å²) < 4.78 is 20.4. The molecule has 3 aliphatic rings. The van der Waals surface area contributed by atoms with Crippen molar-refractivity contribution in [1.29, 1.82) is 0 Å². The van der Waals surface area contributed by atoms with E-state index in [9.17, 15) is 9.59 Å². The van der Waals surface area contributed by atoms with E-state index in [1.165, 1.54) is 0 Å². The second-order valence-electron chi connectivity index (χ2n) is 13.4. The number of aromatic nitrogens is 3. The fourth-order valence-electron chi connectivity index (χ4n) is 6.53. The Bertz CT molecular complexity index is 1750. The van der Waals surface area contributed by atoms with Crippen molar-refractivity contribution in [2.75, 3.05) is 44.2 Å². The second-order valence-corrected chi connectivity index (χ2v) is 13.4. The molecule has 3 aliphatic heterocycles. The van der Waals surface area contributed by atoms with Gasteiger partial charge in [-0.3, -0.25) is 4.79 Å². The number of benzene rings is 2. The molecule has 242 valence electrons. The monoisotopic (exact) mass is 626 g/mol. The first-order chi connectivity index (χ1) is 22.2. The minimum atomic E-state index is -0.531. The van der Waals surface area contributed by atoms with Gasteiger partial charge in [0.2, 0.25) is 11.8 Å². The topological polar surface area (TPSA) is 111 Å². The smallest absolute Gasteiger partial charge is 0.410 e. The summed E-state index contributed by atoms with van der Waals surface area (Å²) in [6, 6.07) is 16.5. The maximum atomic E-state index is 12.6. The lowest BCUT2D eigenvalue weighted by Gasteiger charge is -2.33. The first-order valence-corrected chi connectivity index (χ1v) is 16.4. The van der Waals surface area contributed by atoms with Crippen molar-refractivity contribution in [3.8, 4) is 17.3 Å². The molecule has 1 atom stereocenters. The highest BCUT2D eigenvalue weighted by Gasteiger charge is 2.29. The van der Waals surface area contributed by atoms with Crippen LogP contribution in [0.1, 0.15) is 59.1 Å². The number of nitrogens with zero attached hydrogens (tertiary/aromatic N) is 5. The maximum Gasteiger partial charge on any atom is 0.410 e. The first-order valence-electron chi connectivity index (χ1n) is 16.4. The predicted octanol–water partition coefficient (Wildman–Crippen LogP) is 5.67. The highest BCUT2D eigenvalue weighted by Crippen LogP contribution is 2.37. The molecule has 1 unspecified atom stereocenters. The van der Waals surface area contributed by atoms with Crippen LogP contribution in [0.2, 0.25) is 0 Å². The maximum absolute atomic E-state index is 12.6. The number of rotatable bonds is 5. The van der Waals surface area contributed by atoms with Gasteiger partial charge in [-0.2, -0.15) is 5.10 Å². The van der Waals surface area contributed by atoms with Crippen molar-refractivity contribution in [2.45, 2.75) is 70.8 Å². The molecule has 11 heteroatoms. The predicted molar refractivity (Wildman–Crippen MR) is 176 cm³/mol. The van der Waals surface area contributed by atoms with Crippen LogP contribution in [0.3, 0.4) is 0 Å². The molecule has 5 heterocycles. The first kappa shape index (κ1) is 30.3. The van der Waals surface area contributed by atoms with Crippen LogP contribution < -0.4 is 15.0 Å². The summed E-state index contributed by atoms with van der Waals surface area (Å²) in [4.78, 5) is 33.8. The molecule has 2 aromatic carbocycles. The Hall–Kier alpha value is -4.38. The Morgan fingerprint density at radius 3 is 2.59 bits per heavy atom. The largest absolute Gasteiger partial charge is 0.474 e. The van der Waals surface area contributed by atoms with E-state index in [1.807, 2.05) is 43.7 Å². The summed E-state index contributed by atoms with van der Waals surface area (Å²) in [5.41, 5.74) is 2.88. The third-order valence-electron chi connectivity index (χ3n) is 8.84. The molecule has 3 saturated heterocycles. The van der Waals surface area contributed by atoms with Gasteiger partial charge in [-0.25, -0.2) is 14.5 Å². The van der Waals surface area contributed by atoms with Gasteiger partial charge < -0.3 is 29.3 Å². The van der Waals surface area contributed by atoms with Crippen LogP contribution in [0.15, 0.2) is 48.5 Å². The van der Waals surface area contributed by atoms with E-state index < -0.39 is 5.60 Å². The van der Waals surface area contributed by atoms with E-state index in [2.05, 4.69) is 40.5 Å². The molecule has 0 saturated carbocycles. The summed E-state index contributed by atoms with van der Waals surface area (Å²) in [6.07, 6.45) is 3.87. The standard InChI is InChI=1S/C35H42N6O5/c1-35(2,3)46-34(43)39-16-13-25(14-17-39)45-33-26-9-5-4-8-23(26)20-28(37-33)32-27-21-24(40-18-15-36-30(42)22-40)11-12-29(27)41(38-32)31-10-6-7-19-44-31/h4-5,8-9,11-12,20-21,25,31H,6-7,10,13-19,22H2,1-3H3,(H,36,42). The van der Waals surface area contributed by atoms with Crippen LogP contribution in [0.25, 0.3) is 33.1 Å². The van der Waals surface area contributed by atoms with Crippen molar-refractivity contribution in [3.63, 3.8) is 0 Å². The number of hydrogen-bond acceptors (Lipinski definition) is 8. The number of hydrogen-bond donors (Lipinski definition) is 1. The minimum Gasteiger partial charge on any atom is -0.474 e. The number of piperidine rings is 1. The van der Waals surface area contributed by atoms with E-state index >= 15 is 0 Å². The number of piperazine rings is 1. The quantitative estimate of drug-likeness (QED) is 0.302. The normalized spacial score (nSPS) is 19.8.